The molecule has 3 aromatic carbocycles. The van der Waals surface area contributed by atoms with Crippen LogP contribution in [0.2, 0.25) is 0 Å². The predicted octanol–water partition coefficient (Wildman–Crippen LogP) is 3.99. The number of fused-ring (bicyclic) bond motifs is 2. The number of piperazine rings is 1. The first-order valence-corrected chi connectivity index (χ1v) is 11.7. The van der Waals surface area contributed by atoms with Gasteiger partial charge >= 0.3 is 0 Å². The highest BCUT2D eigenvalue weighted by Crippen LogP contribution is 2.45. The molecule has 2 heterocycles. The van der Waals surface area contributed by atoms with Crippen LogP contribution < -0.4 is 5.32 Å². The third kappa shape index (κ3) is 3.39. The van der Waals surface area contributed by atoms with Crippen LogP contribution in [0.4, 0.5) is 0 Å². The van der Waals surface area contributed by atoms with E-state index in [1.165, 1.54) is 11.1 Å². The highest BCUT2D eigenvalue weighted by atomic mass is 32.2. The number of rotatable bonds is 5. The van der Waals surface area contributed by atoms with Crippen LogP contribution in [0.3, 0.4) is 0 Å². The first-order valence-electron chi connectivity index (χ1n) is 10.3. The topological polar surface area (TPSA) is 49.4 Å². The Morgan fingerprint density at radius 2 is 1.27 bits per heavy atom. The Hall–Kier alpha value is -2.73. The molecule has 1 N–H and O–H groups in total. The van der Waals surface area contributed by atoms with Crippen LogP contribution in [0.15, 0.2) is 89.8 Å². The molecule has 4 nitrogen and oxygen atoms in total. The Labute approximate surface area is 177 Å². The summed E-state index contributed by atoms with van der Waals surface area (Å²) >= 11 is 0. The van der Waals surface area contributed by atoms with E-state index in [-0.39, 0.29) is 18.0 Å². The van der Waals surface area contributed by atoms with Crippen LogP contribution in [0, 0.1) is 0 Å². The molecule has 2 bridgehead atoms. The molecular weight excluding hydrogens is 392 g/mol. The van der Waals surface area contributed by atoms with E-state index < -0.39 is 10.0 Å². The second-order valence-corrected chi connectivity index (χ2v) is 9.72. The second-order valence-electron chi connectivity index (χ2n) is 7.88. The smallest absolute Gasteiger partial charge is 0.243 e. The quantitative estimate of drug-likeness (QED) is 0.640. The Balaban J connectivity index is 1.35. The van der Waals surface area contributed by atoms with E-state index in [0.29, 0.717) is 18.0 Å². The van der Waals surface area contributed by atoms with Crippen molar-refractivity contribution in [1.29, 1.82) is 0 Å². The zero-order chi connectivity index (χ0) is 20.6. The summed E-state index contributed by atoms with van der Waals surface area (Å²) in [4.78, 5) is 0.377. The molecule has 0 saturated carbocycles. The molecule has 2 saturated heterocycles. The van der Waals surface area contributed by atoms with Crippen molar-refractivity contribution >= 4 is 22.2 Å². The van der Waals surface area contributed by atoms with Crippen molar-refractivity contribution in [2.45, 2.75) is 22.9 Å². The van der Waals surface area contributed by atoms with Gasteiger partial charge in [0, 0.05) is 31.1 Å². The van der Waals surface area contributed by atoms with Gasteiger partial charge in [-0.3, -0.25) is 0 Å². The van der Waals surface area contributed by atoms with Gasteiger partial charge < -0.3 is 5.32 Å². The Morgan fingerprint density at radius 3 is 1.87 bits per heavy atom. The molecule has 1 unspecified atom stereocenters. The zero-order valence-corrected chi connectivity index (χ0v) is 17.4. The van der Waals surface area contributed by atoms with Crippen LogP contribution in [0.1, 0.15) is 22.6 Å². The predicted molar refractivity (Wildman–Crippen MR) is 120 cm³/mol. The third-order valence-electron chi connectivity index (χ3n) is 6.10. The number of hydrogen-bond acceptors (Lipinski definition) is 3. The van der Waals surface area contributed by atoms with E-state index in [9.17, 15) is 8.42 Å². The van der Waals surface area contributed by atoms with Crippen molar-refractivity contribution in [3.8, 4) is 0 Å². The molecule has 0 radical (unpaired) electrons. The number of nitrogens with zero attached hydrogens (tertiary/aromatic N) is 1. The third-order valence-corrected chi connectivity index (χ3v) is 8.06. The molecule has 2 aliphatic rings. The van der Waals surface area contributed by atoms with Crippen LogP contribution in [-0.2, 0) is 10.0 Å². The summed E-state index contributed by atoms with van der Waals surface area (Å²) in [6, 6.07) is 27.4. The van der Waals surface area contributed by atoms with Crippen molar-refractivity contribution < 1.29 is 8.42 Å². The molecule has 152 valence electrons. The minimum Gasteiger partial charge on any atom is -0.313 e. The molecule has 0 aliphatic carbocycles. The van der Waals surface area contributed by atoms with Crippen molar-refractivity contribution in [2.24, 2.45) is 0 Å². The highest BCUT2D eigenvalue weighted by molar-refractivity contribution is 7.89. The van der Waals surface area contributed by atoms with Gasteiger partial charge in [0.15, 0.2) is 0 Å². The summed E-state index contributed by atoms with van der Waals surface area (Å²) in [6.07, 6.45) is 4.21. The molecule has 3 atom stereocenters. The van der Waals surface area contributed by atoms with Gasteiger partial charge in [0.2, 0.25) is 10.0 Å². The molecule has 2 fully saturated rings. The first kappa shape index (κ1) is 19.2. The van der Waals surface area contributed by atoms with Gasteiger partial charge in [0.05, 0.1) is 4.90 Å². The number of nitrogens with one attached hydrogen (secondary N) is 1. The number of piperidine rings is 1. The van der Waals surface area contributed by atoms with E-state index in [1.807, 2.05) is 24.3 Å². The summed E-state index contributed by atoms with van der Waals surface area (Å²) in [7, 11) is -3.47. The standard InChI is InChI=1S/C25H24N2O2S/c28-30(29,22-9-5-2-6-10-22)27-23-17-26-18-24(27)25(23)21-15-13-20(14-16-21)12-11-19-7-3-1-4-8-19/h1-16,23-26H,17-18H2/b12-11+/t23-,24+,25?. The monoisotopic (exact) mass is 416 g/mol. The second kappa shape index (κ2) is 7.84. The summed E-state index contributed by atoms with van der Waals surface area (Å²) in [5, 5.41) is 3.37. The molecule has 2 aliphatic heterocycles. The molecule has 5 heteroatoms. The molecule has 3 aromatic rings. The Morgan fingerprint density at radius 1 is 0.733 bits per heavy atom. The summed E-state index contributed by atoms with van der Waals surface area (Å²) < 4.78 is 28.1. The summed E-state index contributed by atoms with van der Waals surface area (Å²) in [5.41, 5.74) is 3.52. The molecule has 0 amide bonds. The lowest BCUT2D eigenvalue weighted by molar-refractivity contribution is 0.0370. The number of benzene rings is 3. The van der Waals surface area contributed by atoms with E-state index >= 15 is 0 Å². The SMILES string of the molecule is O=S(=O)(c1ccccc1)N1[C@@H]2CNC[C@H]1C2c1ccc(/C=C/c2ccccc2)cc1. The van der Waals surface area contributed by atoms with Gasteiger partial charge in [-0.25, -0.2) is 8.42 Å². The largest absolute Gasteiger partial charge is 0.313 e. The fourth-order valence-electron chi connectivity index (χ4n) is 4.63. The van der Waals surface area contributed by atoms with Crippen molar-refractivity contribution in [3.63, 3.8) is 0 Å². The van der Waals surface area contributed by atoms with Crippen LogP contribution >= 0.6 is 0 Å². The van der Waals surface area contributed by atoms with E-state index in [0.717, 1.165) is 5.56 Å². The number of sulfonamides is 1. The normalized spacial score (nSPS) is 23.9. The molecule has 30 heavy (non-hydrogen) atoms. The van der Waals surface area contributed by atoms with Crippen LogP contribution in [0.25, 0.3) is 12.2 Å². The Kier molecular flexibility index (Phi) is 5.03. The van der Waals surface area contributed by atoms with Crippen molar-refractivity contribution in [2.75, 3.05) is 13.1 Å². The average molecular weight is 417 g/mol. The van der Waals surface area contributed by atoms with Gasteiger partial charge in [-0.05, 0) is 28.8 Å². The Bertz CT molecular complexity index is 1130. The molecular formula is C25H24N2O2S. The molecule has 5 rings (SSSR count). The summed E-state index contributed by atoms with van der Waals surface area (Å²) in [5.74, 6) is 0.233. The van der Waals surface area contributed by atoms with Crippen molar-refractivity contribution in [1.82, 2.24) is 9.62 Å². The maximum absolute atomic E-state index is 13.2. The van der Waals surface area contributed by atoms with Gasteiger partial charge in [-0.2, -0.15) is 4.31 Å². The minimum absolute atomic E-state index is 0.0420. The maximum Gasteiger partial charge on any atom is 0.243 e. The fraction of sp³-hybridized carbons (Fsp3) is 0.200. The number of hydrogen-bond donors (Lipinski definition) is 1. The van der Waals surface area contributed by atoms with Crippen molar-refractivity contribution in [3.05, 3.63) is 102 Å². The minimum atomic E-state index is -3.47. The van der Waals surface area contributed by atoms with Crippen LogP contribution in [0.5, 0.6) is 0 Å². The average Bonchev–Trinajstić information content (AvgIpc) is 2.80. The van der Waals surface area contributed by atoms with Gasteiger partial charge in [-0.15, -0.1) is 0 Å². The highest BCUT2D eigenvalue weighted by Gasteiger charge is 2.56. The molecule has 0 aromatic heterocycles. The van der Waals surface area contributed by atoms with Crippen LogP contribution in [-0.4, -0.2) is 37.9 Å². The lowest BCUT2D eigenvalue weighted by Gasteiger charge is -2.57. The zero-order valence-electron chi connectivity index (χ0n) is 16.6. The van der Waals surface area contributed by atoms with Gasteiger partial charge in [-0.1, -0.05) is 84.9 Å². The summed E-state index contributed by atoms with van der Waals surface area (Å²) in [6.45, 7) is 1.37. The maximum atomic E-state index is 13.2. The van der Waals surface area contributed by atoms with Gasteiger partial charge in [0.25, 0.3) is 0 Å². The molecule has 0 spiro atoms. The van der Waals surface area contributed by atoms with E-state index in [4.69, 9.17) is 0 Å². The van der Waals surface area contributed by atoms with Gasteiger partial charge in [0.1, 0.15) is 0 Å². The van der Waals surface area contributed by atoms with E-state index in [2.05, 4.69) is 53.9 Å². The fourth-order valence-corrected chi connectivity index (χ4v) is 6.50. The lowest BCUT2D eigenvalue weighted by Crippen LogP contribution is -2.73. The van der Waals surface area contributed by atoms with E-state index in [1.54, 1.807) is 28.6 Å². The lowest BCUT2D eigenvalue weighted by atomic mass is 9.75. The first-order chi connectivity index (χ1) is 14.6.